The number of carbonyl (C=O) groups is 2. The summed E-state index contributed by atoms with van der Waals surface area (Å²) in [5, 5.41) is 11.6. The molecule has 1 N–H and O–H groups in total. The zero-order valence-electron chi connectivity index (χ0n) is 18.8. The third-order valence-corrected chi connectivity index (χ3v) is 6.24. The molecule has 0 bridgehead atoms. The van der Waals surface area contributed by atoms with Crippen LogP contribution in [0.4, 0.5) is 11.4 Å². The number of ether oxygens (including phenoxy) is 1. The van der Waals surface area contributed by atoms with Crippen molar-refractivity contribution in [1.29, 1.82) is 0 Å². The van der Waals surface area contributed by atoms with Crippen LogP contribution < -0.4 is 14.5 Å². The van der Waals surface area contributed by atoms with Crippen molar-refractivity contribution >= 4 is 52.0 Å². The van der Waals surface area contributed by atoms with Crippen LogP contribution in [0.25, 0.3) is 5.76 Å². The lowest BCUT2D eigenvalue weighted by atomic mass is 9.95. The molecule has 0 aromatic heterocycles. The Hall–Kier alpha value is -3.48. The predicted octanol–water partition coefficient (Wildman–Crippen LogP) is 5.69. The fourth-order valence-electron chi connectivity index (χ4n) is 4.00. The second kappa shape index (κ2) is 9.41. The Bertz CT molecular complexity index is 1260. The Morgan fingerprint density at radius 3 is 2.09 bits per heavy atom. The highest BCUT2D eigenvalue weighted by Crippen LogP contribution is 2.44. The van der Waals surface area contributed by atoms with Crippen molar-refractivity contribution in [2.45, 2.75) is 6.04 Å². The van der Waals surface area contributed by atoms with Gasteiger partial charge in [-0.3, -0.25) is 14.5 Å². The van der Waals surface area contributed by atoms with E-state index in [2.05, 4.69) is 0 Å². The first-order valence-electron chi connectivity index (χ1n) is 10.4. The summed E-state index contributed by atoms with van der Waals surface area (Å²) in [6, 6.07) is 18.4. The molecule has 0 saturated carbocycles. The van der Waals surface area contributed by atoms with E-state index >= 15 is 0 Å². The number of ketones is 1. The van der Waals surface area contributed by atoms with Gasteiger partial charge in [0, 0.05) is 31.0 Å². The molecule has 4 rings (SSSR count). The summed E-state index contributed by atoms with van der Waals surface area (Å²) in [5.74, 6) is -1.66. The van der Waals surface area contributed by atoms with Crippen LogP contribution in [0.5, 0.6) is 5.75 Å². The predicted molar refractivity (Wildman–Crippen MR) is 135 cm³/mol. The minimum absolute atomic E-state index is 0.0521. The van der Waals surface area contributed by atoms with Gasteiger partial charge in [0.2, 0.25) is 0 Å². The zero-order valence-corrected chi connectivity index (χ0v) is 20.3. The Morgan fingerprint density at radius 2 is 1.56 bits per heavy atom. The van der Waals surface area contributed by atoms with Crippen LogP contribution in [-0.4, -0.2) is 38.0 Å². The SMILES string of the molecule is COc1c(Cl)cc(/C(O)=C2\C(=O)C(=O)N(c3ccccc3)C2c2ccc(N(C)C)cc2)cc1Cl. The average Bonchev–Trinajstić information content (AvgIpc) is 3.09. The lowest BCUT2D eigenvalue weighted by Crippen LogP contribution is -2.29. The van der Waals surface area contributed by atoms with Gasteiger partial charge >= 0.3 is 0 Å². The molecule has 1 aliphatic rings. The molecule has 1 saturated heterocycles. The molecule has 174 valence electrons. The fourth-order valence-corrected chi connectivity index (χ4v) is 4.65. The quantitative estimate of drug-likeness (QED) is 0.279. The Morgan fingerprint density at radius 1 is 0.971 bits per heavy atom. The van der Waals surface area contributed by atoms with Crippen molar-refractivity contribution < 1.29 is 19.4 Å². The molecule has 1 heterocycles. The van der Waals surface area contributed by atoms with Crippen molar-refractivity contribution in [3.63, 3.8) is 0 Å². The van der Waals surface area contributed by atoms with E-state index in [1.165, 1.54) is 24.1 Å². The first-order valence-corrected chi connectivity index (χ1v) is 11.2. The molecular formula is C26H22Cl2N2O4. The van der Waals surface area contributed by atoms with E-state index in [4.69, 9.17) is 27.9 Å². The van der Waals surface area contributed by atoms with Crippen LogP contribution in [-0.2, 0) is 9.59 Å². The van der Waals surface area contributed by atoms with Crippen molar-refractivity contribution in [3.05, 3.63) is 93.5 Å². The topological polar surface area (TPSA) is 70.1 Å². The van der Waals surface area contributed by atoms with Gasteiger partial charge in [0.05, 0.1) is 28.8 Å². The lowest BCUT2D eigenvalue weighted by Gasteiger charge is -2.26. The minimum Gasteiger partial charge on any atom is -0.507 e. The number of hydrogen-bond acceptors (Lipinski definition) is 5. The standard InChI is InChI=1S/C26H22Cl2N2O4/c1-29(2)17-11-9-15(10-12-17)22-21(23(31)16-13-19(27)25(34-3)20(28)14-16)24(32)26(33)30(22)18-7-5-4-6-8-18/h4-14,22,31H,1-3H3/b23-21+. The van der Waals surface area contributed by atoms with Gasteiger partial charge in [-0.1, -0.05) is 53.5 Å². The fraction of sp³-hybridized carbons (Fsp3) is 0.154. The Kier molecular flexibility index (Phi) is 6.55. The number of halogens is 2. The van der Waals surface area contributed by atoms with Crippen molar-refractivity contribution in [1.82, 2.24) is 0 Å². The molecule has 1 atom stereocenters. The van der Waals surface area contributed by atoms with Crippen LogP contribution in [0.3, 0.4) is 0 Å². The van der Waals surface area contributed by atoms with E-state index in [-0.39, 0.29) is 32.7 Å². The summed E-state index contributed by atoms with van der Waals surface area (Å²) >= 11 is 12.5. The second-order valence-corrected chi connectivity index (χ2v) is 8.78. The minimum atomic E-state index is -0.849. The number of amides is 1. The summed E-state index contributed by atoms with van der Waals surface area (Å²) in [6.07, 6.45) is 0. The molecule has 0 spiro atoms. The lowest BCUT2D eigenvalue weighted by molar-refractivity contribution is -0.132. The molecule has 0 aliphatic carbocycles. The highest BCUT2D eigenvalue weighted by atomic mass is 35.5. The van der Waals surface area contributed by atoms with Gasteiger partial charge in [0.15, 0.2) is 5.75 Å². The second-order valence-electron chi connectivity index (χ2n) is 7.96. The molecule has 1 aliphatic heterocycles. The van der Waals surface area contributed by atoms with Crippen LogP contribution in [0.1, 0.15) is 17.2 Å². The van der Waals surface area contributed by atoms with Gasteiger partial charge in [-0.25, -0.2) is 0 Å². The molecule has 3 aromatic carbocycles. The molecule has 8 heteroatoms. The van der Waals surface area contributed by atoms with Crippen molar-refractivity contribution in [2.75, 3.05) is 31.0 Å². The highest BCUT2D eigenvalue weighted by Gasteiger charge is 2.47. The number of carbonyl (C=O) groups excluding carboxylic acids is 2. The number of methoxy groups -OCH3 is 1. The molecule has 1 unspecified atom stereocenters. The van der Waals surface area contributed by atoms with Gasteiger partial charge in [0.25, 0.3) is 11.7 Å². The summed E-state index contributed by atoms with van der Waals surface area (Å²) in [5.41, 5.74) is 2.31. The van der Waals surface area contributed by atoms with Gasteiger partial charge in [0.1, 0.15) is 5.76 Å². The third kappa shape index (κ3) is 4.11. The van der Waals surface area contributed by atoms with E-state index in [9.17, 15) is 14.7 Å². The number of para-hydroxylation sites is 1. The first-order chi connectivity index (χ1) is 16.2. The molecule has 1 amide bonds. The van der Waals surface area contributed by atoms with E-state index in [0.29, 0.717) is 11.3 Å². The van der Waals surface area contributed by atoms with E-state index in [1.54, 1.807) is 24.3 Å². The largest absolute Gasteiger partial charge is 0.507 e. The van der Waals surface area contributed by atoms with E-state index < -0.39 is 17.7 Å². The normalized spacial score (nSPS) is 17.2. The number of hydrogen-bond donors (Lipinski definition) is 1. The Labute approximate surface area is 207 Å². The number of rotatable bonds is 5. The van der Waals surface area contributed by atoms with Gasteiger partial charge in [-0.15, -0.1) is 0 Å². The average molecular weight is 497 g/mol. The van der Waals surface area contributed by atoms with Crippen LogP contribution in [0.2, 0.25) is 10.0 Å². The molecule has 34 heavy (non-hydrogen) atoms. The van der Waals surface area contributed by atoms with Crippen LogP contribution in [0, 0.1) is 0 Å². The smallest absolute Gasteiger partial charge is 0.300 e. The van der Waals surface area contributed by atoms with Gasteiger partial charge in [-0.05, 0) is 42.0 Å². The molecule has 1 fully saturated rings. The third-order valence-electron chi connectivity index (χ3n) is 5.68. The van der Waals surface area contributed by atoms with E-state index in [0.717, 1.165) is 5.69 Å². The Balaban J connectivity index is 1.94. The number of Topliss-reactive ketones (excluding diaryl/α,β-unsaturated/α-hetero) is 1. The maximum atomic E-state index is 13.2. The number of benzene rings is 3. The maximum absolute atomic E-state index is 13.2. The van der Waals surface area contributed by atoms with Crippen molar-refractivity contribution in [2.24, 2.45) is 0 Å². The summed E-state index contributed by atoms with van der Waals surface area (Å²) in [4.78, 5) is 29.8. The molecule has 0 radical (unpaired) electrons. The summed E-state index contributed by atoms with van der Waals surface area (Å²) in [6.45, 7) is 0. The summed E-state index contributed by atoms with van der Waals surface area (Å²) in [7, 11) is 5.26. The van der Waals surface area contributed by atoms with Crippen molar-refractivity contribution in [3.8, 4) is 5.75 Å². The number of nitrogens with zero attached hydrogens (tertiary/aromatic N) is 2. The van der Waals surface area contributed by atoms with Crippen LogP contribution in [0.15, 0.2) is 72.3 Å². The van der Waals surface area contributed by atoms with Gasteiger partial charge in [-0.2, -0.15) is 0 Å². The van der Waals surface area contributed by atoms with Crippen LogP contribution >= 0.6 is 23.2 Å². The molecular weight excluding hydrogens is 475 g/mol. The van der Waals surface area contributed by atoms with Gasteiger partial charge < -0.3 is 14.7 Å². The number of aliphatic hydroxyl groups is 1. The number of aliphatic hydroxyl groups excluding tert-OH is 1. The first kappa shape index (κ1) is 23.7. The molecule has 6 nitrogen and oxygen atoms in total. The number of anilines is 2. The maximum Gasteiger partial charge on any atom is 0.300 e. The highest BCUT2D eigenvalue weighted by molar-refractivity contribution is 6.51. The zero-order chi connectivity index (χ0) is 24.6. The summed E-state index contributed by atoms with van der Waals surface area (Å²) < 4.78 is 5.18. The molecule has 3 aromatic rings. The van der Waals surface area contributed by atoms with E-state index in [1.807, 2.05) is 49.3 Å². The monoisotopic (exact) mass is 496 g/mol.